The number of phenols is 1. The molecule has 0 bridgehead atoms. The number of benzene rings is 2. The SMILES string of the molecule is O=c1c(-c2ccc(Cl)cc2)c(C2CC2)oc2cc(O)ccc12. The Bertz CT molecular complexity index is 921. The lowest BCUT2D eigenvalue weighted by Gasteiger charge is -2.10. The third-order valence-electron chi connectivity index (χ3n) is 3.98. The van der Waals surface area contributed by atoms with Crippen molar-refractivity contribution in [1.29, 1.82) is 0 Å². The van der Waals surface area contributed by atoms with Crippen LogP contribution in [0.5, 0.6) is 5.75 Å². The van der Waals surface area contributed by atoms with Crippen molar-refractivity contribution >= 4 is 22.6 Å². The Balaban J connectivity index is 2.05. The van der Waals surface area contributed by atoms with Gasteiger partial charge >= 0.3 is 0 Å². The van der Waals surface area contributed by atoms with Gasteiger partial charge in [0.15, 0.2) is 0 Å². The van der Waals surface area contributed by atoms with E-state index in [2.05, 4.69) is 0 Å². The van der Waals surface area contributed by atoms with Gasteiger partial charge in [0.2, 0.25) is 5.43 Å². The summed E-state index contributed by atoms with van der Waals surface area (Å²) in [6.07, 6.45) is 2.04. The normalized spacial score (nSPS) is 14.4. The quantitative estimate of drug-likeness (QED) is 0.746. The topological polar surface area (TPSA) is 50.4 Å². The molecule has 4 rings (SSSR count). The van der Waals surface area contributed by atoms with Crippen molar-refractivity contribution in [3.05, 3.63) is 63.5 Å². The Kier molecular flexibility index (Phi) is 2.98. The monoisotopic (exact) mass is 312 g/mol. The molecule has 0 amide bonds. The molecule has 0 spiro atoms. The van der Waals surface area contributed by atoms with Crippen LogP contribution in [0, 0.1) is 0 Å². The van der Waals surface area contributed by atoms with Crippen LogP contribution in [0.3, 0.4) is 0 Å². The molecule has 1 aromatic heterocycles. The second-order valence-corrected chi connectivity index (χ2v) is 6.07. The Morgan fingerprint density at radius 1 is 1.09 bits per heavy atom. The Labute approximate surface area is 131 Å². The van der Waals surface area contributed by atoms with Crippen LogP contribution in [0.4, 0.5) is 0 Å². The van der Waals surface area contributed by atoms with Gasteiger partial charge in [0.1, 0.15) is 17.1 Å². The van der Waals surface area contributed by atoms with Gasteiger partial charge in [-0.2, -0.15) is 0 Å². The van der Waals surface area contributed by atoms with E-state index in [0.717, 1.165) is 18.4 Å². The minimum Gasteiger partial charge on any atom is -0.508 e. The number of halogens is 1. The summed E-state index contributed by atoms with van der Waals surface area (Å²) < 4.78 is 5.97. The van der Waals surface area contributed by atoms with Crippen molar-refractivity contribution in [2.75, 3.05) is 0 Å². The van der Waals surface area contributed by atoms with Crippen molar-refractivity contribution < 1.29 is 9.52 Å². The summed E-state index contributed by atoms with van der Waals surface area (Å²) in [6, 6.07) is 11.8. The highest BCUT2D eigenvalue weighted by atomic mass is 35.5. The number of phenolic OH excluding ortho intramolecular Hbond substituents is 1. The average molecular weight is 313 g/mol. The molecule has 4 heteroatoms. The van der Waals surface area contributed by atoms with Gasteiger partial charge in [-0.15, -0.1) is 0 Å². The van der Waals surface area contributed by atoms with E-state index >= 15 is 0 Å². The standard InChI is InChI=1S/C18H13ClO3/c19-12-5-3-10(4-6-12)16-17(21)14-8-7-13(20)9-15(14)22-18(16)11-1-2-11/h3-9,11,20H,1-2H2. The predicted octanol–water partition coefficient (Wildman–Crippen LogP) is 4.70. The highest BCUT2D eigenvalue weighted by molar-refractivity contribution is 6.30. The van der Waals surface area contributed by atoms with Crippen molar-refractivity contribution in [3.63, 3.8) is 0 Å². The first kappa shape index (κ1) is 13.4. The van der Waals surface area contributed by atoms with E-state index in [9.17, 15) is 9.90 Å². The van der Waals surface area contributed by atoms with Gasteiger partial charge in [0.25, 0.3) is 0 Å². The van der Waals surface area contributed by atoms with E-state index in [0.29, 0.717) is 27.3 Å². The molecule has 1 aliphatic rings. The highest BCUT2D eigenvalue weighted by Gasteiger charge is 2.31. The van der Waals surface area contributed by atoms with Crippen LogP contribution in [-0.4, -0.2) is 5.11 Å². The van der Waals surface area contributed by atoms with Gasteiger partial charge in [-0.3, -0.25) is 4.79 Å². The third-order valence-corrected chi connectivity index (χ3v) is 4.24. The molecule has 0 atom stereocenters. The fourth-order valence-electron chi connectivity index (χ4n) is 2.72. The molecule has 1 saturated carbocycles. The molecule has 0 aliphatic heterocycles. The lowest BCUT2D eigenvalue weighted by molar-refractivity contribution is 0.472. The lowest BCUT2D eigenvalue weighted by atomic mass is 10.00. The molecule has 1 heterocycles. The summed E-state index contributed by atoms with van der Waals surface area (Å²) in [5.41, 5.74) is 1.79. The van der Waals surface area contributed by atoms with Gasteiger partial charge in [0, 0.05) is 17.0 Å². The largest absolute Gasteiger partial charge is 0.508 e. The third kappa shape index (κ3) is 2.18. The first-order valence-electron chi connectivity index (χ1n) is 7.19. The summed E-state index contributed by atoms with van der Waals surface area (Å²) in [5.74, 6) is 1.09. The molecule has 22 heavy (non-hydrogen) atoms. The summed E-state index contributed by atoms with van der Waals surface area (Å²) >= 11 is 5.94. The fourth-order valence-corrected chi connectivity index (χ4v) is 2.85. The molecule has 3 nitrogen and oxygen atoms in total. The maximum atomic E-state index is 12.9. The van der Waals surface area contributed by atoms with Gasteiger partial charge in [0.05, 0.1) is 10.9 Å². The first-order valence-corrected chi connectivity index (χ1v) is 7.57. The van der Waals surface area contributed by atoms with Crippen LogP contribution in [0.15, 0.2) is 51.7 Å². The van der Waals surface area contributed by atoms with Gasteiger partial charge < -0.3 is 9.52 Å². The molecule has 0 unspecified atom stereocenters. The molecular formula is C18H13ClO3. The second-order valence-electron chi connectivity index (χ2n) is 5.63. The molecule has 0 radical (unpaired) electrons. The Morgan fingerprint density at radius 3 is 2.50 bits per heavy atom. The maximum absolute atomic E-state index is 12.9. The van der Waals surface area contributed by atoms with Crippen LogP contribution in [-0.2, 0) is 0 Å². The summed E-state index contributed by atoms with van der Waals surface area (Å²) in [4.78, 5) is 12.9. The van der Waals surface area contributed by atoms with E-state index in [-0.39, 0.29) is 17.1 Å². The minimum absolute atomic E-state index is 0.0644. The fraction of sp³-hybridized carbons (Fsp3) is 0.167. The molecular weight excluding hydrogens is 300 g/mol. The van der Waals surface area contributed by atoms with Crippen molar-refractivity contribution in [1.82, 2.24) is 0 Å². The second kappa shape index (κ2) is 4.89. The molecule has 0 saturated heterocycles. The zero-order chi connectivity index (χ0) is 15.3. The van der Waals surface area contributed by atoms with Crippen molar-refractivity contribution in [3.8, 4) is 16.9 Å². The molecule has 2 aromatic carbocycles. The van der Waals surface area contributed by atoms with Crippen LogP contribution in [0.2, 0.25) is 5.02 Å². The minimum atomic E-state index is -0.0644. The van der Waals surface area contributed by atoms with Gasteiger partial charge in [-0.1, -0.05) is 23.7 Å². The summed E-state index contributed by atoms with van der Waals surface area (Å²) in [5, 5.41) is 10.7. The lowest BCUT2D eigenvalue weighted by Crippen LogP contribution is -2.08. The smallest absolute Gasteiger partial charge is 0.200 e. The van der Waals surface area contributed by atoms with Gasteiger partial charge in [-0.25, -0.2) is 0 Å². The molecule has 110 valence electrons. The Hall–Kier alpha value is -2.26. The van der Waals surface area contributed by atoms with Crippen LogP contribution in [0.25, 0.3) is 22.1 Å². The van der Waals surface area contributed by atoms with Crippen LogP contribution < -0.4 is 5.43 Å². The number of hydrogen-bond donors (Lipinski definition) is 1. The summed E-state index contributed by atoms with van der Waals surface area (Å²) in [6.45, 7) is 0. The predicted molar refractivity (Wildman–Crippen MR) is 86.6 cm³/mol. The van der Waals surface area contributed by atoms with E-state index in [1.54, 1.807) is 18.2 Å². The average Bonchev–Trinajstić information content (AvgIpc) is 3.33. The number of hydrogen-bond acceptors (Lipinski definition) is 3. The van der Waals surface area contributed by atoms with E-state index in [1.165, 1.54) is 12.1 Å². The highest BCUT2D eigenvalue weighted by Crippen LogP contribution is 2.44. The molecule has 1 aliphatic carbocycles. The molecule has 1 fully saturated rings. The molecule has 3 aromatic rings. The van der Waals surface area contributed by atoms with E-state index in [4.69, 9.17) is 16.0 Å². The number of fused-ring (bicyclic) bond motifs is 1. The van der Waals surface area contributed by atoms with Crippen molar-refractivity contribution in [2.24, 2.45) is 0 Å². The summed E-state index contributed by atoms with van der Waals surface area (Å²) in [7, 11) is 0. The zero-order valence-corrected chi connectivity index (χ0v) is 12.4. The maximum Gasteiger partial charge on any atom is 0.200 e. The zero-order valence-electron chi connectivity index (χ0n) is 11.7. The number of rotatable bonds is 2. The molecule has 1 N–H and O–H groups in total. The van der Waals surface area contributed by atoms with Crippen LogP contribution >= 0.6 is 11.6 Å². The van der Waals surface area contributed by atoms with Crippen molar-refractivity contribution in [2.45, 2.75) is 18.8 Å². The first-order chi connectivity index (χ1) is 10.6. The van der Waals surface area contributed by atoms with Gasteiger partial charge in [-0.05, 0) is 42.7 Å². The van der Waals surface area contributed by atoms with E-state index in [1.807, 2.05) is 12.1 Å². The Morgan fingerprint density at radius 2 is 1.82 bits per heavy atom. The van der Waals surface area contributed by atoms with Crippen LogP contribution in [0.1, 0.15) is 24.5 Å². The van der Waals surface area contributed by atoms with E-state index < -0.39 is 0 Å². The number of aromatic hydroxyl groups is 1.